The van der Waals surface area contributed by atoms with Crippen LogP contribution in [0.4, 0.5) is 16.5 Å². The number of nitrogens with zero attached hydrogens (tertiary/aromatic N) is 3. The molecule has 1 aliphatic heterocycles. The van der Waals surface area contributed by atoms with Crippen LogP contribution in [0.15, 0.2) is 30.5 Å². The zero-order chi connectivity index (χ0) is 14.7. The van der Waals surface area contributed by atoms with Gasteiger partial charge >= 0.3 is 5.00 Å². The highest BCUT2D eigenvalue weighted by Gasteiger charge is 2.17. The van der Waals surface area contributed by atoms with Gasteiger partial charge in [-0.15, -0.1) is 0 Å². The Morgan fingerprint density at radius 2 is 2.14 bits per heavy atom. The third-order valence-electron chi connectivity index (χ3n) is 3.47. The monoisotopic (exact) mass is 304 g/mol. The Kier molecular flexibility index (Phi) is 4.01. The predicted molar refractivity (Wildman–Crippen MR) is 84.0 cm³/mol. The van der Waals surface area contributed by atoms with Crippen molar-refractivity contribution >= 4 is 27.8 Å². The van der Waals surface area contributed by atoms with E-state index in [1.54, 1.807) is 18.3 Å². The van der Waals surface area contributed by atoms with Crippen molar-refractivity contribution in [3.05, 3.63) is 45.5 Å². The van der Waals surface area contributed by atoms with Gasteiger partial charge in [0, 0.05) is 36.8 Å². The lowest BCUT2D eigenvalue weighted by molar-refractivity contribution is -0.380. The van der Waals surface area contributed by atoms with E-state index in [0.717, 1.165) is 29.5 Å². The molecule has 1 saturated heterocycles. The Morgan fingerprint density at radius 1 is 1.33 bits per heavy atom. The van der Waals surface area contributed by atoms with Crippen molar-refractivity contribution in [1.29, 1.82) is 0 Å². The number of rotatable bonds is 5. The first-order chi connectivity index (χ1) is 10.2. The van der Waals surface area contributed by atoms with E-state index in [1.165, 1.54) is 24.2 Å². The van der Waals surface area contributed by atoms with Crippen molar-refractivity contribution in [3.63, 3.8) is 0 Å². The van der Waals surface area contributed by atoms with Gasteiger partial charge in [-0.05, 0) is 31.0 Å². The molecule has 1 aliphatic rings. The second-order valence-electron chi connectivity index (χ2n) is 4.92. The second-order valence-corrected chi connectivity index (χ2v) is 6.07. The molecule has 110 valence electrons. The maximum absolute atomic E-state index is 10.7. The average Bonchev–Trinajstić information content (AvgIpc) is 3.17. The van der Waals surface area contributed by atoms with E-state index in [0.29, 0.717) is 6.54 Å². The van der Waals surface area contributed by atoms with E-state index >= 15 is 0 Å². The maximum atomic E-state index is 10.7. The number of nitrogens with one attached hydrogen (secondary N) is 1. The summed E-state index contributed by atoms with van der Waals surface area (Å²) >= 11 is 1.20. The molecule has 0 aliphatic carbocycles. The largest absolute Gasteiger partial charge is 0.377 e. The van der Waals surface area contributed by atoms with Crippen molar-refractivity contribution in [2.24, 2.45) is 0 Å². The highest BCUT2D eigenvalue weighted by atomic mass is 32.1. The van der Waals surface area contributed by atoms with Crippen LogP contribution >= 0.6 is 11.3 Å². The lowest BCUT2D eigenvalue weighted by Crippen LogP contribution is -2.20. The van der Waals surface area contributed by atoms with Gasteiger partial charge in [0.05, 0.1) is 10.6 Å². The zero-order valence-corrected chi connectivity index (χ0v) is 12.3. The van der Waals surface area contributed by atoms with Gasteiger partial charge in [0.2, 0.25) is 0 Å². The number of anilines is 2. The van der Waals surface area contributed by atoms with Gasteiger partial charge in [-0.25, -0.2) is 4.98 Å². The van der Waals surface area contributed by atoms with Crippen molar-refractivity contribution < 1.29 is 4.92 Å². The fourth-order valence-corrected chi connectivity index (χ4v) is 3.22. The summed E-state index contributed by atoms with van der Waals surface area (Å²) in [6.07, 6.45) is 4.20. The third kappa shape index (κ3) is 3.13. The normalized spacial score (nSPS) is 14.4. The standard InChI is InChI=1S/C14H16N4O2S/c19-18(20)13-6-5-11(21-13)10-16-12-4-3-7-15-14(12)17-8-1-2-9-17/h3-7,16H,1-2,8-10H2. The van der Waals surface area contributed by atoms with Crippen LogP contribution < -0.4 is 10.2 Å². The van der Waals surface area contributed by atoms with Crippen LogP contribution in [0.25, 0.3) is 0 Å². The van der Waals surface area contributed by atoms with E-state index in [1.807, 2.05) is 12.1 Å². The lowest BCUT2D eigenvalue weighted by atomic mass is 10.3. The molecular weight excluding hydrogens is 288 g/mol. The molecule has 0 spiro atoms. The fourth-order valence-electron chi connectivity index (χ4n) is 2.46. The second kappa shape index (κ2) is 6.09. The molecule has 0 unspecified atom stereocenters. The Labute approximate surface area is 126 Å². The van der Waals surface area contributed by atoms with Crippen LogP contribution in [0.2, 0.25) is 0 Å². The Hall–Kier alpha value is -2.15. The van der Waals surface area contributed by atoms with E-state index in [4.69, 9.17) is 0 Å². The number of hydrogen-bond acceptors (Lipinski definition) is 6. The van der Waals surface area contributed by atoms with Crippen molar-refractivity contribution in [1.82, 2.24) is 4.98 Å². The van der Waals surface area contributed by atoms with Gasteiger partial charge in [-0.3, -0.25) is 10.1 Å². The molecule has 0 bridgehead atoms. The zero-order valence-electron chi connectivity index (χ0n) is 11.5. The first-order valence-corrected chi connectivity index (χ1v) is 7.72. The molecule has 7 heteroatoms. The van der Waals surface area contributed by atoms with E-state index in [9.17, 15) is 10.1 Å². The van der Waals surface area contributed by atoms with Crippen molar-refractivity contribution in [2.75, 3.05) is 23.3 Å². The summed E-state index contributed by atoms with van der Waals surface area (Å²) in [5, 5.41) is 14.2. The molecule has 2 aromatic heterocycles. The molecule has 3 heterocycles. The summed E-state index contributed by atoms with van der Waals surface area (Å²) in [4.78, 5) is 18.0. The summed E-state index contributed by atoms with van der Waals surface area (Å²) in [6.45, 7) is 2.65. The molecule has 0 aromatic carbocycles. The van der Waals surface area contributed by atoms with Crippen LogP contribution in [-0.2, 0) is 6.54 Å². The summed E-state index contributed by atoms with van der Waals surface area (Å²) < 4.78 is 0. The number of hydrogen-bond donors (Lipinski definition) is 1. The minimum atomic E-state index is -0.353. The van der Waals surface area contributed by atoms with Gasteiger partial charge < -0.3 is 10.2 Å². The van der Waals surface area contributed by atoms with Crippen LogP contribution in [0.3, 0.4) is 0 Å². The summed E-state index contributed by atoms with van der Waals surface area (Å²) in [5.74, 6) is 0.973. The minimum Gasteiger partial charge on any atom is -0.377 e. The van der Waals surface area contributed by atoms with Gasteiger partial charge in [-0.1, -0.05) is 11.3 Å². The average molecular weight is 304 g/mol. The molecule has 0 radical (unpaired) electrons. The molecule has 21 heavy (non-hydrogen) atoms. The third-order valence-corrected chi connectivity index (χ3v) is 4.51. The maximum Gasteiger partial charge on any atom is 0.324 e. The molecule has 1 fully saturated rings. The van der Waals surface area contributed by atoms with E-state index in [-0.39, 0.29) is 9.92 Å². The number of nitro groups is 1. The summed E-state index contributed by atoms with van der Waals surface area (Å²) in [6, 6.07) is 7.25. The molecule has 2 aromatic rings. The number of thiophene rings is 1. The molecule has 0 saturated carbocycles. The molecule has 0 amide bonds. The first kappa shape index (κ1) is 13.8. The number of aromatic nitrogens is 1. The number of pyridine rings is 1. The van der Waals surface area contributed by atoms with E-state index < -0.39 is 0 Å². The van der Waals surface area contributed by atoms with Crippen LogP contribution in [0.1, 0.15) is 17.7 Å². The summed E-state index contributed by atoms with van der Waals surface area (Å²) in [7, 11) is 0. The highest BCUT2D eigenvalue weighted by molar-refractivity contribution is 7.15. The molecular formula is C14H16N4O2S. The predicted octanol–water partition coefficient (Wildman–Crippen LogP) is 3.26. The van der Waals surface area contributed by atoms with Gasteiger partial charge in [-0.2, -0.15) is 0 Å². The minimum absolute atomic E-state index is 0.178. The van der Waals surface area contributed by atoms with Crippen LogP contribution in [0, 0.1) is 10.1 Å². The Balaban J connectivity index is 1.71. The fraction of sp³-hybridized carbons (Fsp3) is 0.357. The molecule has 3 rings (SSSR count). The van der Waals surface area contributed by atoms with Gasteiger partial charge in [0.25, 0.3) is 0 Å². The smallest absolute Gasteiger partial charge is 0.324 e. The molecule has 6 nitrogen and oxygen atoms in total. The Morgan fingerprint density at radius 3 is 2.86 bits per heavy atom. The van der Waals surface area contributed by atoms with Gasteiger partial charge in [0.15, 0.2) is 5.82 Å². The van der Waals surface area contributed by atoms with E-state index in [2.05, 4.69) is 15.2 Å². The molecule has 0 atom stereocenters. The Bertz CT molecular complexity index is 637. The quantitative estimate of drug-likeness (QED) is 0.678. The summed E-state index contributed by atoms with van der Waals surface area (Å²) in [5.41, 5.74) is 0.982. The van der Waals surface area contributed by atoms with Crippen LogP contribution in [-0.4, -0.2) is 23.0 Å². The van der Waals surface area contributed by atoms with Crippen LogP contribution in [0.5, 0.6) is 0 Å². The van der Waals surface area contributed by atoms with Crippen molar-refractivity contribution in [3.8, 4) is 0 Å². The highest BCUT2D eigenvalue weighted by Crippen LogP contribution is 2.28. The SMILES string of the molecule is O=[N+]([O-])c1ccc(CNc2cccnc2N2CCCC2)s1. The topological polar surface area (TPSA) is 71.3 Å². The first-order valence-electron chi connectivity index (χ1n) is 6.91. The van der Waals surface area contributed by atoms with Gasteiger partial charge in [0.1, 0.15) is 0 Å². The molecule has 1 N–H and O–H groups in total. The lowest BCUT2D eigenvalue weighted by Gasteiger charge is -2.20. The van der Waals surface area contributed by atoms with Crippen molar-refractivity contribution in [2.45, 2.75) is 19.4 Å².